The maximum absolute atomic E-state index is 12.3. The monoisotopic (exact) mass is 434 g/mol. The molecule has 3 aromatic rings. The Morgan fingerprint density at radius 3 is 2.61 bits per heavy atom. The van der Waals surface area contributed by atoms with Gasteiger partial charge in [0, 0.05) is 11.6 Å². The summed E-state index contributed by atoms with van der Waals surface area (Å²) in [6, 6.07) is 15.6. The number of amides is 1. The minimum atomic E-state index is -0.976. The van der Waals surface area contributed by atoms with Gasteiger partial charge in [-0.2, -0.15) is 0 Å². The second-order valence-corrected chi connectivity index (χ2v) is 7.75. The number of carbonyl (C=O) groups excluding carboxylic acids is 1. The average Bonchev–Trinajstić information content (AvgIpc) is 3.35. The number of methoxy groups -OCH3 is 1. The maximum atomic E-state index is 12.3. The molecular formula is C23H18N2O5S. The number of carboxylic acids is 1. The van der Waals surface area contributed by atoms with Crippen molar-refractivity contribution in [3.05, 3.63) is 76.4 Å². The Morgan fingerprint density at radius 2 is 1.94 bits per heavy atom. The van der Waals surface area contributed by atoms with E-state index in [1.54, 1.807) is 61.7 Å². The lowest BCUT2D eigenvalue weighted by Gasteiger charge is -2.04. The minimum absolute atomic E-state index is 0.220. The van der Waals surface area contributed by atoms with Crippen LogP contribution in [0.25, 0.3) is 17.4 Å². The minimum Gasteiger partial charge on any atom is -0.497 e. The highest BCUT2D eigenvalue weighted by molar-refractivity contribution is 8.18. The first-order chi connectivity index (χ1) is 14.9. The summed E-state index contributed by atoms with van der Waals surface area (Å²) in [5.74, 6) is 0.610. The summed E-state index contributed by atoms with van der Waals surface area (Å²) in [6.45, 7) is 1.82. The molecule has 1 aliphatic rings. The van der Waals surface area contributed by atoms with Gasteiger partial charge in [-0.05, 0) is 72.8 Å². The predicted molar refractivity (Wildman–Crippen MR) is 120 cm³/mol. The first kappa shape index (κ1) is 20.5. The lowest BCUT2D eigenvalue weighted by atomic mass is 10.0. The van der Waals surface area contributed by atoms with Gasteiger partial charge in [-0.25, -0.2) is 9.79 Å². The summed E-state index contributed by atoms with van der Waals surface area (Å²) in [5, 5.41) is 12.3. The summed E-state index contributed by atoms with van der Waals surface area (Å²) in [7, 11) is 1.59. The topological polar surface area (TPSA) is 101 Å². The molecule has 2 aromatic carbocycles. The van der Waals surface area contributed by atoms with Gasteiger partial charge < -0.3 is 19.6 Å². The van der Waals surface area contributed by atoms with Gasteiger partial charge >= 0.3 is 5.97 Å². The smallest absolute Gasteiger partial charge is 0.335 e. The highest BCUT2D eigenvalue weighted by Gasteiger charge is 2.24. The molecule has 0 atom stereocenters. The lowest BCUT2D eigenvalue weighted by molar-refractivity contribution is -0.115. The standard InChI is InChI=1S/C23H18N2O5S/c1-13-11-14(22(27)28)3-9-18(13)19-10-8-17(30-19)12-20-21(26)25-23(31-20)24-15-4-6-16(29-2)7-5-15/h3-12H,1-2H3,(H,27,28)(H,24,25,26)/b20-12-. The molecule has 1 aromatic heterocycles. The van der Waals surface area contributed by atoms with Gasteiger partial charge in [-0.15, -0.1) is 0 Å². The molecule has 0 saturated carbocycles. The molecule has 2 heterocycles. The molecule has 0 unspecified atom stereocenters. The summed E-state index contributed by atoms with van der Waals surface area (Å²) in [6.07, 6.45) is 1.65. The molecule has 1 aliphatic heterocycles. The fourth-order valence-corrected chi connectivity index (χ4v) is 3.85. The van der Waals surface area contributed by atoms with Crippen LogP contribution in [0.3, 0.4) is 0 Å². The Kier molecular flexibility index (Phi) is 5.64. The zero-order chi connectivity index (χ0) is 22.0. The van der Waals surface area contributed by atoms with E-state index >= 15 is 0 Å². The van der Waals surface area contributed by atoms with Crippen molar-refractivity contribution in [1.82, 2.24) is 5.32 Å². The molecule has 1 saturated heterocycles. The molecule has 1 amide bonds. The van der Waals surface area contributed by atoms with E-state index in [0.717, 1.165) is 16.9 Å². The first-order valence-electron chi connectivity index (χ1n) is 9.31. The number of ether oxygens (including phenoxy) is 1. The van der Waals surface area contributed by atoms with Crippen LogP contribution < -0.4 is 10.1 Å². The Labute approximate surface area is 182 Å². The van der Waals surface area contributed by atoms with Crippen LogP contribution in [-0.2, 0) is 4.79 Å². The van der Waals surface area contributed by atoms with Gasteiger partial charge in [0.1, 0.15) is 17.3 Å². The van der Waals surface area contributed by atoms with Gasteiger partial charge in [0.05, 0.1) is 23.3 Å². The van der Waals surface area contributed by atoms with E-state index in [4.69, 9.17) is 14.3 Å². The number of aryl methyl sites for hydroxylation is 1. The molecule has 31 heavy (non-hydrogen) atoms. The number of thioether (sulfide) groups is 1. The normalized spacial score (nSPS) is 16.0. The Morgan fingerprint density at radius 1 is 1.16 bits per heavy atom. The zero-order valence-electron chi connectivity index (χ0n) is 16.7. The van der Waals surface area contributed by atoms with Crippen molar-refractivity contribution in [3.63, 3.8) is 0 Å². The van der Waals surface area contributed by atoms with E-state index in [9.17, 15) is 9.59 Å². The number of nitrogens with one attached hydrogen (secondary N) is 1. The van der Waals surface area contributed by atoms with Crippen molar-refractivity contribution in [2.24, 2.45) is 4.99 Å². The van der Waals surface area contributed by atoms with Crippen molar-refractivity contribution in [1.29, 1.82) is 0 Å². The lowest BCUT2D eigenvalue weighted by Crippen LogP contribution is -2.19. The van der Waals surface area contributed by atoms with Crippen LogP contribution in [-0.4, -0.2) is 29.3 Å². The Hall–Kier alpha value is -3.78. The number of amidine groups is 1. The molecular weight excluding hydrogens is 416 g/mol. The fourth-order valence-electron chi connectivity index (χ4n) is 3.03. The molecule has 0 radical (unpaired) electrons. The number of carboxylic acid groups (broad SMARTS) is 1. The number of carbonyl (C=O) groups is 2. The quantitative estimate of drug-likeness (QED) is 0.557. The van der Waals surface area contributed by atoms with Gasteiger partial charge in [0.15, 0.2) is 5.17 Å². The van der Waals surface area contributed by atoms with E-state index in [2.05, 4.69) is 10.3 Å². The summed E-state index contributed by atoms with van der Waals surface area (Å²) < 4.78 is 11.0. The molecule has 7 nitrogen and oxygen atoms in total. The number of benzene rings is 2. The van der Waals surface area contributed by atoms with Crippen molar-refractivity contribution in [2.45, 2.75) is 6.92 Å². The van der Waals surface area contributed by atoms with E-state index in [0.29, 0.717) is 27.3 Å². The molecule has 8 heteroatoms. The third-order valence-electron chi connectivity index (χ3n) is 4.59. The number of aromatic carboxylic acids is 1. The molecule has 0 spiro atoms. The fraction of sp³-hybridized carbons (Fsp3) is 0.0870. The number of furan rings is 1. The van der Waals surface area contributed by atoms with Crippen LogP contribution in [0.5, 0.6) is 5.75 Å². The van der Waals surface area contributed by atoms with Gasteiger partial charge in [0.2, 0.25) is 0 Å². The van der Waals surface area contributed by atoms with Crippen molar-refractivity contribution in [2.75, 3.05) is 7.11 Å². The number of aliphatic imine (C=N–C) groups is 1. The number of hydrogen-bond acceptors (Lipinski definition) is 6. The zero-order valence-corrected chi connectivity index (χ0v) is 17.5. The van der Waals surface area contributed by atoms with Crippen molar-refractivity contribution >= 4 is 40.6 Å². The van der Waals surface area contributed by atoms with Crippen LogP contribution in [0, 0.1) is 6.92 Å². The summed E-state index contributed by atoms with van der Waals surface area (Å²) in [4.78, 5) is 28.3. The molecule has 156 valence electrons. The third-order valence-corrected chi connectivity index (χ3v) is 5.50. The van der Waals surface area contributed by atoms with E-state index in [1.807, 2.05) is 6.92 Å². The SMILES string of the molecule is COc1ccc(N=C2NC(=O)/C(=C/c3ccc(-c4ccc(C(=O)O)cc4C)o3)S2)cc1. The largest absolute Gasteiger partial charge is 0.497 e. The Bertz CT molecular complexity index is 1230. The molecule has 2 N–H and O–H groups in total. The second-order valence-electron chi connectivity index (χ2n) is 6.72. The van der Waals surface area contributed by atoms with E-state index in [1.165, 1.54) is 17.8 Å². The number of rotatable bonds is 5. The van der Waals surface area contributed by atoms with Gasteiger partial charge in [0.25, 0.3) is 5.91 Å². The average molecular weight is 434 g/mol. The van der Waals surface area contributed by atoms with E-state index in [-0.39, 0.29) is 11.5 Å². The van der Waals surface area contributed by atoms with Crippen LogP contribution >= 0.6 is 11.8 Å². The molecule has 0 bridgehead atoms. The first-order valence-corrected chi connectivity index (χ1v) is 10.1. The number of nitrogens with zero attached hydrogens (tertiary/aromatic N) is 1. The van der Waals surface area contributed by atoms with Gasteiger partial charge in [-0.1, -0.05) is 6.07 Å². The van der Waals surface area contributed by atoms with E-state index < -0.39 is 5.97 Å². The van der Waals surface area contributed by atoms with Crippen molar-refractivity contribution in [3.8, 4) is 17.1 Å². The van der Waals surface area contributed by atoms with Crippen LogP contribution in [0.1, 0.15) is 21.7 Å². The molecule has 0 aliphatic carbocycles. The van der Waals surface area contributed by atoms with Gasteiger partial charge in [-0.3, -0.25) is 4.79 Å². The summed E-state index contributed by atoms with van der Waals surface area (Å²) >= 11 is 1.23. The summed E-state index contributed by atoms with van der Waals surface area (Å²) in [5.41, 5.74) is 2.50. The van der Waals surface area contributed by atoms with Crippen molar-refractivity contribution < 1.29 is 23.8 Å². The molecule has 4 rings (SSSR count). The van der Waals surface area contributed by atoms with Crippen LogP contribution in [0.4, 0.5) is 5.69 Å². The highest BCUT2D eigenvalue weighted by atomic mass is 32.2. The molecule has 1 fully saturated rings. The highest BCUT2D eigenvalue weighted by Crippen LogP contribution is 2.31. The van der Waals surface area contributed by atoms with Crippen LogP contribution in [0.15, 0.2) is 68.9 Å². The predicted octanol–water partition coefficient (Wildman–Crippen LogP) is 4.85. The third kappa shape index (κ3) is 4.54. The Balaban J connectivity index is 1.53. The van der Waals surface area contributed by atoms with Crippen LogP contribution in [0.2, 0.25) is 0 Å². The second kappa shape index (κ2) is 8.53. The number of hydrogen-bond donors (Lipinski definition) is 2. The maximum Gasteiger partial charge on any atom is 0.335 e.